The molecular formula is C18H11ClF3N5O3. The van der Waals surface area contributed by atoms with Gasteiger partial charge in [-0.3, -0.25) is 14.2 Å². The first kappa shape index (κ1) is 21.2. The molecule has 0 spiro atoms. The van der Waals surface area contributed by atoms with E-state index >= 15 is 0 Å². The number of amides is 1. The van der Waals surface area contributed by atoms with Crippen LogP contribution in [0.1, 0.15) is 18.2 Å². The van der Waals surface area contributed by atoms with Gasteiger partial charge in [-0.1, -0.05) is 11.6 Å². The minimum atomic E-state index is -4.99. The zero-order chi connectivity index (χ0) is 22.1. The van der Waals surface area contributed by atoms with Crippen LogP contribution in [-0.4, -0.2) is 27.5 Å². The molecule has 0 saturated heterocycles. The molecule has 1 aromatic carbocycles. The van der Waals surface area contributed by atoms with Crippen LogP contribution in [-0.2, 0) is 17.5 Å². The fourth-order valence-corrected chi connectivity index (χ4v) is 2.79. The summed E-state index contributed by atoms with van der Waals surface area (Å²) in [7, 11) is 0. The molecule has 1 aliphatic heterocycles. The summed E-state index contributed by atoms with van der Waals surface area (Å²) >= 11 is 5.84. The number of aromatic nitrogens is 2. The molecule has 0 radical (unpaired) electrons. The number of nitrogens with zero attached hydrogens (tertiary/aromatic N) is 5. The lowest BCUT2D eigenvalue weighted by atomic mass is 10.1. The van der Waals surface area contributed by atoms with E-state index in [1.165, 1.54) is 19.2 Å². The largest absolute Gasteiger partial charge is 0.449 e. The number of hydrogen-bond acceptors (Lipinski definition) is 6. The van der Waals surface area contributed by atoms with Crippen molar-refractivity contribution in [3.63, 3.8) is 0 Å². The third-order valence-electron chi connectivity index (χ3n) is 3.91. The van der Waals surface area contributed by atoms with Gasteiger partial charge in [0.15, 0.2) is 5.69 Å². The normalized spacial score (nSPS) is 16.2. The van der Waals surface area contributed by atoms with Gasteiger partial charge in [0.2, 0.25) is 5.75 Å². The Balaban J connectivity index is 2.04. The third-order valence-corrected chi connectivity index (χ3v) is 4.13. The van der Waals surface area contributed by atoms with Crippen LogP contribution in [0.4, 0.5) is 13.2 Å². The van der Waals surface area contributed by atoms with Crippen LogP contribution in [0.25, 0.3) is 0 Å². The first-order chi connectivity index (χ1) is 14.1. The van der Waals surface area contributed by atoms with E-state index in [1.54, 1.807) is 6.07 Å². The maximum absolute atomic E-state index is 13.4. The van der Waals surface area contributed by atoms with Crippen molar-refractivity contribution in [3.05, 3.63) is 51.2 Å². The second-order valence-electron chi connectivity index (χ2n) is 6.15. The SMILES string of the molecule is CC1=NC(=O)C(Cn2cnc(C(F)(F)F)c(Oc3cc(Cl)cc(C#N)c3)c2=O)C=N1. The summed E-state index contributed by atoms with van der Waals surface area (Å²) in [5.74, 6) is -2.68. The number of ether oxygens (including phenoxy) is 1. The predicted molar refractivity (Wildman–Crippen MR) is 99.8 cm³/mol. The topological polar surface area (TPSA) is 110 Å². The standard InChI is InChI=1S/C18H11ClF3N5O3/c1-9-24-6-11(16(28)26-9)7-27-8-25-15(18(20,21)22)14(17(27)29)30-13-3-10(5-23)2-12(19)4-13/h2-4,6,8,11H,7H2,1H3. The van der Waals surface area contributed by atoms with Gasteiger partial charge in [0.05, 0.1) is 23.9 Å². The Morgan fingerprint density at radius 3 is 2.67 bits per heavy atom. The van der Waals surface area contributed by atoms with E-state index in [9.17, 15) is 22.8 Å². The van der Waals surface area contributed by atoms with Gasteiger partial charge in [0.25, 0.3) is 11.5 Å². The summed E-state index contributed by atoms with van der Waals surface area (Å²) in [5, 5.41) is 9.01. The number of carbonyl (C=O) groups excluding carboxylic acids is 1. The van der Waals surface area contributed by atoms with Gasteiger partial charge in [-0.2, -0.15) is 23.4 Å². The van der Waals surface area contributed by atoms with Gasteiger partial charge >= 0.3 is 6.18 Å². The van der Waals surface area contributed by atoms with E-state index in [0.717, 1.165) is 16.7 Å². The second kappa shape index (κ2) is 8.08. The monoisotopic (exact) mass is 437 g/mol. The van der Waals surface area contributed by atoms with Crippen LogP contribution in [0.2, 0.25) is 5.02 Å². The average molecular weight is 438 g/mol. The second-order valence-corrected chi connectivity index (χ2v) is 6.59. The molecule has 8 nitrogen and oxygen atoms in total. The molecule has 3 rings (SSSR count). The zero-order valence-corrected chi connectivity index (χ0v) is 15.9. The van der Waals surface area contributed by atoms with Crippen molar-refractivity contribution in [1.29, 1.82) is 5.26 Å². The van der Waals surface area contributed by atoms with Crippen molar-refractivity contribution in [2.75, 3.05) is 0 Å². The summed E-state index contributed by atoms with van der Waals surface area (Å²) < 4.78 is 46.1. The minimum absolute atomic E-state index is 0.0209. The number of rotatable bonds is 4. The Morgan fingerprint density at radius 2 is 2.03 bits per heavy atom. The molecule has 0 fully saturated rings. The molecule has 1 aromatic heterocycles. The lowest BCUT2D eigenvalue weighted by Crippen LogP contribution is -2.32. The number of benzene rings is 1. The van der Waals surface area contributed by atoms with Crippen molar-refractivity contribution < 1.29 is 22.7 Å². The van der Waals surface area contributed by atoms with Gasteiger partial charge in [-0.15, -0.1) is 0 Å². The molecule has 0 N–H and O–H groups in total. The van der Waals surface area contributed by atoms with E-state index in [1.807, 2.05) is 0 Å². The first-order valence-electron chi connectivity index (χ1n) is 8.27. The Labute approximate surface area is 171 Å². The molecule has 0 saturated carbocycles. The molecule has 0 aliphatic carbocycles. The molecule has 2 aromatic rings. The van der Waals surface area contributed by atoms with Crippen LogP contribution in [0.15, 0.2) is 39.3 Å². The molecule has 30 heavy (non-hydrogen) atoms. The summed E-state index contributed by atoms with van der Waals surface area (Å²) in [6, 6.07) is 5.32. The zero-order valence-electron chi connectivity index (χ0n) is 15.1. The number of aliphatic imine (C=N–C) groups is 2. The molecule has 0 bridgehead atoms. The van der Waals surface area contributed by atoms with E-state index in [4.69, 9.17) is 21.6 Å². The lowest BCUT2D eigenvalue weighted by molar-refractivity contribution is -0.142. The Hall–Kier alpha value is -3.52. The molecule has 1 aliphatic rings. The molecule has 2 heterocycles. The maximum Gasteiger partial charge on any atom is 0.437 e. The highest BCUT2D eigenvalue weighted by atomic mass is 35.5. The number of carbonyl (C=O) groups is 1. The molecule has 1 atom stereocenters. The van der Waals surface area contributed by atoms with Gasteiger partial charge < -0.3 is 4.74 Å². The van der Waals surface area contributed by atoms with Crippen molar-refractivity contribution in [1.82, 2.24) is 9.55 Å². The van der Waals surface area contributed by atoms with E-state index < -0.39 is 35.0 Å². The van der Waals surface area contributed by atoms with Crippen LogP contribution < -0.4 is 10.3 Å². The fourth-order valence-electron chi connectivity index (χ4n) is 2.57. The number of halogens is 4. The van der Waals surface area contributed by atoms with Crippen LogP contribution in [0, 0.1) is 17.2 Å². The van der Waals surface area contributed by atoms with Crippen LogP contribution in [0.3, 0.4) is 0 Å². The van der Waals surface area contributed by atoms with Crippen molar-refractivity contribution in [2.24, 2.45) is 15.9 Å². The van der Waals surface area contributed by atoms with E-state index in [-0.39, 0.29) is 28.7 Å². The smallest absolute Gasteiger partial charge is 0.437 e. The third kappa shape index (κ3) is 4.55. The first-order valence-corrected chi connectivity index (χ1v) is 8.65. The minimum Gasteiger partial charge on any atom is -0.449 e. The number of alkyl halides is 3. The van der Waals surface area contributed by atoms with Gasteiger partial charge in [-0.05, 0) is 25.1 Å². The number of amidine groups is 1. The van der Waals surface area contributed by atoms with Crippen molar-refractivity contribution in [3.8, 4) is 17.6 Å². The summed E-state index contributed by atoms with van der Waals surface area (Å²) in [4.78, 5) is 35.5. The van der Waals surface area contributed by atoms with Crippen molar-refractivity contribution in [2.45, 2.75) is 19.6 Å². The summed E-state index contributed by atoms with van der Waals surface area (Å²) in [5.41, 5.74) is -2.71. The quantitative estimate of drug-likeness (QED) is 0.729. The highest BCUT2D eigenvalue weighted by Crippen LogP contribution is 2.35. The van der Waals surface area contributed by atoms with E-state index in [0.29, 0.717) is 6.33 Å². The summed E-state index contributed by atoms with van der Waals surface area (Å²) in [6.45, 7) is 1.17. The van der Waals surface area contributed by atoms with Gasteiger partial charge in [-0.25, -0.2) is 9.98 Å². The fraction of sp³-hybridized carbons (Fsp3) is 0.222. The number of nitriles is 1. The maximum atomic E-state index is 13.4. The van der Waals surface area contributed by atoms with Crippen molar-refractivity contribution >= 4 is 29.6 Å². The van der Waals surface area contributed by atoms with Crippen LogP contribution >= 0.6 is 11.6 Å². The van der Waals surface area contributed by atoms with E-state index in [2.05, 4.69) is 15.0 Å². The molecule has 1 amide bonds. The van der Waals surface area contributed by atoms with Crippen LogP contribution in [0.5, 0.6) is 11.5 Å². The highest BCUT2D eigenvalue weighted by Gasteiger charge is 2.39. The lowest BCUT2D eigenvalue weighted by Gasteiger charge is -2.17. The number of hydrogen-bond donors (Lipinski definition) is 0. The summed E-state index contributed by atoms with van der Waals surface area (Å²) in [6.07, 6.45) is -3.07. The van der Waals surface area contributed by atoms with Gasteiger partial charge in [0, 0.05) is 17.8 Å². The van der Waals surface area contributed by atoms with Gasteiger partial charge in [0.1, 0.15) is 11.6 Å². The highest BCUT2D eigenvalue weighted by molar-refractivity contribution is 6.30. The molecule has 12 heteroatoms. The molecule has 154 valence electrons. The Morgan fingerprint density at radius 1 is 1.30 bits per heavy atom. The Bertz CT molecular complexity index is 1180. The molecule has 1 unspecified atom stereocenters. The Kier molecular flexibility index (Phi) is 5.71. The molecular weight excluding hydrogens is 427 g/mol. The average Bonchev–Trinajstić information content (AvgIpc) is 2.65. The predicted octanol–water partition coefficient (Wildman–Crippen LogP) is 3.23.